The van der Waals surface area contributed by atoms with Crippen molar-refractivity contribution in [3.05, 3.63) is 0 Å². The monoisotopic (exact) mass is 417 g/mol. The number of aliphatic carboxylic acids is 1. The van der Waals surface area contributed by atoms with Crippen LogP contribution in [0.5, 0.6) is 0 Å². The van der Waals surface area contributed by atoms with E-state index in [4.69, 9.17) is 16.6 Å². The van der Waals surface area contributed by atoms with Crippen LogP contribution in [-0.4, -0.2) is 70.1 Å². The van der Waals surface area contributed by atoms with Gasteiger partial charge in [-0.15, -0.1) is 0 Å². The molecule has 0 aliphatic heterocycles. The van der Waals surface area contributed by atoms with E-state index in [1.54, 1.807) is 0 Å². The van der Waals surface area contributed by atoms with Crippen LogP contribution in [0.4, 0.5) is 0 Å². The minimum absolute atomic E-state index is 0.140. The fraction of sp³-hybridized carbons (Fsp3) is 0.706. The smallest absolute Gasteiger partial charge is 0.326 e. The van der Waals surface area contributed by atoms with Crippen molar-refractivity contribution in [2.24, 2.45) is 17.4 Å². The molecule has 9 N–H and O–H groups in total. The van der Waals surface area contributed by atoms with Crippen LogP contribution >= 0.6 is 0 Å². The Hall–Kier alpha value is -2.73. The highest BCUT2D eigenvalue weighted by atomic mass is 16.4. The number of nitrogens with two attached hydrogens (primary N) is 2. The Labute approximate surface area is 168 Å². The average molecular weight is 417 g/mol. The van der Waals surface area contributed by atoms with Crippen molar-refractivity contribution < 1.29 is 34.2 Å². The molecule has 0 saturated heterocycles. The summed E-state index contributed by atoms with van der Waals surface area (Å²) >= 11 is 0. The highest BCUT2D eigenvalue weighted by Crippen LogP contribution is 2.04. The van der Waals surface area contributed by atoms with Crippen molar-refractivity contribution in [1.82, 2.24) is 16.0 Å². The van der Waals surface area contributed by atoms with E-state index in [0.717, 1.165) is 0 Å². The van der Waals surface area contributed by atoms with Gasteiger partial charge in [-0.3, -0.25) is 19.2 Å². The maximum Gasteiger partial charge on any atom is 0.326 e. The summed E-state index contributed by atoms with van der Waals surface area (Å²) in [5.41, 5.74) is 10.7. The van der Waals surface area contributed by atoms with Gasteiger partial charge in [-0.2, -0.15) is 0 Å². The Morgan fingerprint density at radius 2 is 1.45 bits per heavy atom. The average Bonchev–Trinajstić information content (AvgIpc) is 2.56. The summed E-state index contributed by atoms with van der Waals surface area (Å²) in [7, 11) is 0. The molecule has 0 aliphatic carbocycles. The molecule has 0 heterocycles. The third-order valence-electron chi connectivity index (χ3n) is 3.90. The SMILES string of the molecule is CC(C)CC(N)C(=O)NC(C(=O)NC(C)C(=O)NC(CC(N)=O)C(=O)O)C(C)O. The zero-order valence-electron chi connectivity index (χ0n) is 17.0. The van der Waals surface area contributed by atoms with Crippen LogP contribution in [0.15, 0.2) is 0 Å². The van der Waals surface area contributed by atoms with Gasteiger partial charge in [0, 0.05) is 0 Å². The van der Waals surface area contributed by atoms with Gasteiger partial charge in [0.15, 0.2) is 0 Å². The summed E-state index contributed by atoms with van der Waals surface area (Å²) in [4.78, 5) is 58.6. The van der Waals surface area contributed by atoms with Gasteiger partial charge in [0.05, 0.1) is 18.6 Å². The first kappa shape index (κ1) is 26.3. The molecule has 0 saturated carbocycles. The van der Waals surface area contributed by atoms with E-state index in [1.807, 2.05) is 13.8 Å². The third kappa shape index (κ3) is 9.85. The summed E-state index contributed by atoms with van der Waals surface area (Å²) in [5.74, 6) is -4.65. The second-order valence-corrected chi connectivity index (χ2v) is 7.26. The van der Waals surface area contributed by atoms with Crippen LogP contribution in [0.3, 0.4) is 0 Å². The van der Waals surface area contributed by atoms with E-state index in [2.05, 4.69) is 16.0 Å². The number of carboxylic acid groups (broad SMARTS) is 1. The molecular formula is C17H31N5O7. The lowest BCUT2D eigenvalue weighted by Crippen LogP contribution is -2.59. The highest BCUT2D eigenvalue weighted by molar-refractivity contribution is 5.94. The van der Waals surface area contributed by atoms with Crippen molar-refractivity contribution in [1.29, 1.82) is 0 Å². The highest BCUT2D eigenvalue weighted by Gasteiger charge is 2.31. The number of aliphatic hydroxyl groups excluding tert-OH is 1. The fourth-order valence-corrected chi connectivity index (χ4v) is 2.35. The second-order valence-electron chi connectivity index (χ2n) is 7.26. The lowest BCUT2D eigenvalue weighted by atomic mass is 10.0. The van der Waals surface area contributed by atoms with Crippen LogP contribution in [-0.2, 0) is 24.0 Å². The zero-order chi connectivity index (χ0) is 22.9. The fourth-order valence-electron chi connectivity index (χ4n) is 2.35. The first-order valence-corrected chi connectivity index (χ1v) is 9.12. The van der Waals surface area contributed by atoms with Crippen molar-refractivity contribution in [3.63, 3.8) is 0 Å². The molecule has 166 valence electrons. The largest absolute Gasteiger partial charge is 0.480 e. The maximum atomic E-state index is 12.4. The van der Waals surface area contributed by atoms with Gasteiger partial charge in [0.1, 0.15) is 18.1 Å². The predicted molar refractivity (Wildman–Crippen MR) is 102 cm³/mol. The Bertz CT molecular complexity index is 623. The van der Waals surface area contributed by atoms with Crippen LogP contribution in [0.1, 0.15) is 40.5 Å². The Morgan fingerprint density at radius 1 is 0.897 bits per heavy atom. The van der Waals surface area contributed by atoms with Gasteiger partial charge >= 0.3 is 5.97 Å². The normalized spacial score (nSPS) is 16.1. The van der Waals surface area contributed by atoms with Crippen LogP contribution < -0.4 is 27.4 Å². The molecule has 0 radical (unpaired) electrons. The number of hydrogen-bond acceptors (Lipinski definition) is 7. The van der Waals surface area contributed by atoms with Crippen LogP contribution in [0.2, 0.25) is 0 Å². The maximum absolute atomic E-state index is 12.4. The molecule has 4 amide bonds. The van der Waals surface area contributed by atoms with Crippen molar-refractivity contribution in [2.45, 2.75) is 70.8 Å². The Balaban J connectivity index is 5.00. The lowest BCUT2D eigenvalue weighted by molar-refractivity contribution is -0.143. The summed E-state index contributed by atoms with van der Waals surface area (Å²) in [6.45, 7) is 6.28. The molecule has 0 spiro atoms. The van der Waals surface area contributed by atoms with E-state index in [0.29, 0.717) is 6.42 Å². The number of primary amides is 1. The molecule has 0 aromatic heterocycles. The summed E-state index contributed by atoms with van der Waals surface area (Å²) < 4.78 is 0. The lowest BCUT2D eigenvalue weighted by Gasteiger charge is -2.25. The molecule has 29 heavy (non-hydrogen) atoms. The standard InChI is InChI=1S/C17H31N5O7/c1-7(2)5-10(18)15(26)22-13(9(4)23)16(27)20-8(3)14(25)21-11(17(28)29)6-12(19)24/h7-11,13,23H,5-6,18H2,1-4H3,(H2,19,24)(H,20,27)(H,21,25)(H,22,26)(H,28,29). The summed E-state index contributed by atoms with van der Waals surface area (Å²) in [6, 6.07) is -5.04. The van der Waals surface area contributed by atoms with Gasteiger partial charge in [-0.25, -0.2) is 4.79 Å². The van der Waals surface area contributed by atoms with Crippen molar-refractivity contribution in [3.8, 4) is 0 Å². The van der Waals surface area contributed by atoms with Gasteiger partial charge < -0.3 is 37.6 Å². The third-order valence-corrected chi connectivity index (χ3v) is 3.90. The topological polar surface area (TPSA) is 214 Å². The summed E-state index contributed by atoms with van der Waals surface area (Å²) in [6.07, 6.45) is -1.54. The number of carboxylic acids is 1. The first-order chi connectivity index (χ1) is 13.3. The molecule has 0 aromatic rings. The second kappa shape index (κ2) is 12.0. The molecule has 0 aromatic carbocycles. The minimum atomic E-state index is -1.55. The van der Waals surface area contributed by atoms with Gasteiger partial charge in [-0.1, -0.05) is 13.8 Å². The number of hydrogen-bond donors (Lipinski definition) is 7. The van der Waals surface area contributed by atoms with Crippen molar-refractivity contribution >= 4 is 29.6 Å². The molecule has 12 nitrogen and oxygen atoms in total. The van der Waals surface area contributed by atoms with Crippen LogP contribution in [0.25, 0.3) is 0 Å². The minimum Gasteiger partial charge on any atom is -0.480 e. The van der Waals surface area contributed by atoms with E-state index < -0.39 is 66.3 Å². The van der Waals surface area contributed by atoms with E-state index in [9.17, 15) is 29.1 Å². The molecule has 0 aliphatic rings. The molecule has 5 unspecified atom stereocenters. The number of aliphatic hydroxyl groups is 1. The van der Waals surface area contributed by atoms with Gasteiger partial charge in [-0.05, 0) is 26.2 Å². The first-order valence-electron chi connectivity index (χ1n) is 9.12. The van der Waals surface area contributed by atoms with E-state index in [-0.39, 0.29) is 5.92 Å². The quantitative estimate of drug-likeness (QED) is 0.175. The molecule has 12 heteroatoms. The molecule has 5 atom stereocenters. The number of nitrogens with one attached hydrogen (secondary N) is 3. The van der Waals surface area contributed by atoms with Gasteiger partial charge in [0.25, 0.3) is 0 Å². The zero-order valence-corrected chi connectivity index (χ0v) is 17.0. The molecule has 0 rings (SSSR count). The van der Waals surface area contributed by atoms with E-state index >= 15 is 0 Å². The molecule has 0 fully saturated rings. The molecule has 0 bridgehead atoms. The Kier molecular flexibility index (Phi) is 10.8. The van der Waals surface area contributed by atoms with Crippen LogP contribution in [0, 0.1) is 5.92 Å². The summed E-state index contributed by atoms with van der Waals surface area (Å²) in [5, 5.41) is 25.5. The number of carbonyl (C=O) groups is 5. The predicted octanol–water partition coefficient (Wildman–Crippen LogP) is -2.83. The number of rotatable bonds is 12. The van der Waals surface area contributed by atoms with Crippen molar-refractivity contribution in [2.75, 3.05) is 0 Å². The van der Waals surface area contributed by atoms with E-state index in [1.165, 1.54) is 13.8 Å². The number of carbonyl (C=O) groups excluding carboxylic acids is 4. The Morgan fingerprint density at radius 3 is 1.86 bits per heavy atom. The molecular weight excluding hydrogens is 386 g/mol. The van der Waals surface area contributed by atoms with Gasteiger partial charge in [0.2, 0.25) is 23.6 Å². The number of amides is 4.